The number of fused-ring (bicyclic) bond motifs is 1. The van der Waals surface area contributed by atoms with Crippen LogP contribution in [-0.4, -0.2) is 103 Å². The number of non-ortho nitro benzene ring substituents is 1. The fourth-order valence-electron chi connectivity index (χ4n) is 7.19. The second-order valence-electron chi connectivity index (χ2n) is 19.4. The Balaban J connectivity index is 1.48. The Morgan fingerprint density at radius 2 is 1.34 bits per heavy atom. The van der Waals surface area contributed by atoms with Gasteiger partial charge in [-0.1, -0.05) is 54.6 Å². The van der Waals surface area contributed by atoms with Crippen LogP contribution in [0, 0.1) is 10.1 Å². The number of ether oxygens (including phenoxy) is 5. The van der Waals surface area contributed by atoms with E-state index in [0.29, 0.717) is 27.4 Å². The molecule has 378 valence electrons. The number of nitrogens with zero attached hydrogens (tertiary/aromatic N) is 5. The lowest BCUT2D eigenvalue weighted by atomic mass is 10.0. The van der Waals surface area contributed by atoms with Crippen molar-refractivity contribution in [3.05, 3.63) is 134 Å². The van der Waals surface area contributed by atoms with Gasteiger partial charge in [0, 0.05) is 60.6 Å². The van der Waals surface area contributed by atoms with E-state index in [1.807, 2.05) is 18.2 Å². The molecule has 0 aliphatic carbocycles. The zero-order valence-electron chi connectivity index (χ0n) is 41.6. The highest BCUT2D eigenvalue weighted by Gasteiger charge is 2.38. The van der Waals surface area contributed by atoms with Gasteiger partial charge >= 0.3 is 30.3 Å². The third-order valence-corrected chi connectivity index (χ3v) is 10.1. The lowest BCUT2D eigenvalue weighted by molar-refractivity contribution is -0.384. The van der Waals surface area contributed by atoms with Gasteiger partial charge in [0.2, 0.25) is 5.91 Å². The highest BCUT2D eigenvalue weighted by molar-refractivity contribution is 6.18. The van der Waals surface area contributed by atoms with E-state index in [9.17, 15) is 43.7 Å². The zero-order chi connectivity index (χ0) is 52.4. The maximum Gasteiger partial charge on any atom is 0.436 e. The molecule has 1 atom stereocenters. The van der Waals surface area contributed by atoms with Gasteiger partial charge in [0.25, 0.3) is 11.6 Å². The molecule has 3 aromatic carbocycles. The first-order valence-electron chi connectivity index (χ1n) is 22.8. The van der Waals surface area contributed by atoms with Gasteiger partial charge in [-0.15, -0.1) is 0 Å². The average Bonchev–Trinajstić information content (AvgIpc) is 3.63. The van der Waals surface area contributed by atoms with Crippen LogP contribution in [0.15, 0.2) is 89.9 Å². The van der Waals surface area contributed by atoms with Gasteiger partial charge in [-0.2, -0.15) is 9.89 Å². The van der Waals surface area contributed by atoms with Gasteiger partial charge in [-0.05, 0) is 104 Å². The molecule has 5 amide bonds. The molecule has 1 aliphatic heterocycles. The van der Waals surface area contributed by atoms with Crippen molar-refractivity contribution in [2.24, 2.45) is 4.99 Å². The number of nitro benzene ring substituents is 1. The van der Waals surface area contributed by atoms with E-state index in [1.54, 1.807) is 87.4 Å². The molecule has 71 heavy (non-hydrogen) atoms. The Morgan fingerprint density at radius 1 is 0.761 bits per heavy atom. The number of aliphatic imine (C=N–C) groups is 1. The number of imide groups is 1. The highest BCUT2D eigenvalue weighted by atomic mass is 16.6. The summed E-state index contributed by atoms with van der Waals surface area (Å²) in [6.07, 6.45) is -4.49. The zero-order valence-corrected chi connectivity index (χ0v) is 41.6. The molecule has 0 fully saturated rings. The minimum absolute atomic E-state index is 0.00332. The molecule has 0 unspecified atom stereocenters. The van der Waals surface area contributed by atoms with E-state index >= 15 is 0 Å². The number of carbonyl (C=O) groups excluding carboxylic acids is 7. The molecule has 0 saturated heterocycles. The summed E-state index contributed by atoms with van der Waals surface area (Å²) >= 11 is 0. The van der Waals surface area contributed by atoms with Crippen molar-refractivity contribution in [1.29, 1.82) is 0 Å². The Kier molecular flexibility index (Phi) is 17.3. The number of aromatic nitrogens is 1. The third-order valence-electron chi connectivity index (χ3n) is 10.1. The van der Waals surface area contributed by atoms with Crippen LogP contribution in [0.25, 0.3) is 0 Å². The van der Waals surface area contributed by atoms with Crippen molar-refractivity contribution < 1.29 is 62.2 Å². The minimum Gasteiger partial charge on any atom is -0.466 e. The van der Waals surface area contributed by atoms with Crippen LogP contribution in [0.2, 0.25) is 0 Å². The number of carbonyl (C=O) groups is 7. The Bertz CT molecular complexity index is 2630. The Labute approximate surface area is 411 Å². The third kappa shape index (κ3) is 15.6. The maximum absolute atomic E-state index is 14.6. The van der Waals surface area contributed by atoms with E-state index < -0.39 is 75.8 Å². The first-order chi connectivity index (χ1) is 33.2. The molecular formula is C51H60N6O14. The standard InChI is InChI=1S/C51H60N6O14/c1-11-67-41(58)29-38-28-36-30-54(26-25-40(36)55(38)46(62)68-31-33-15-13-12-14-16-33)44(60)39(27-32-17-23-37(24-18-32)57(65)66)52-43(59)35-21-19-34(20-22-35)42(53-45(61)69-49(2,3)4)56(47(63)70-50(5,6)7)48(64)71-51(8,9)10/h12-24,28,39H,11,25-27,29-31H2,1-10H3,(H,52,59)/t39-/m0/s1. The van der Waals surface area contributed by atoms with E-state index in [4.69, 9.17) is 23.7 Å². The second-order valence-corrected chi connectivity index (χ2v) is 19.4. The molecule has 1 N–H and O–H groups in total. The summed E-state index contributed by atoms with van der Waals surface area (Å²) in [4.78, 5) is 113. The fraction of sp³-hybridized carbons (Fsp3) is 0.412. The van der Waals surface area contributed by atoms with Crippen molar-refractivity contribution in [3.63, 3.8) is 0 Å². The van der Waals surface area contributed by atoms with Crippen molar-refractivity contribution in [2.75, 3.05) is 13.2 Å². The number of nitrogens with one attached hydrogen (secondary N) is 1. The van der Waals surface area contributed by atoms with Crippen molar-refractivity contribution >= 4 is 53.7 Å². The molecule has 20 heteroatoms. The van der Waals surface area contributed by atoms with Crippen LogP contribution in [0.5, 0.6) is 0 Å². The van der Waals surface area contributed by atoms with Gasteiger partial charge in [0.1, 0.15) is 29.5 Å². The quantitative estimate of drug-likeness (QED) is 0.0350. The smallest absolute Gasteiger partial charge is 0.436 e. The summed E-state index contributed by atoms with van der Waals surface area (Å²) in [5.41, 5.74) is -0.783. The fourth-order valence-corrected chi connectivity index (χ4v) is 7.19. The normalized spacial score (nSPS) is 13.2. The number of nitro groups is 1. The van der Waals surface area contributed by atoms with E-state index in [2.05, 4.69) is 10.3 Å². The number of rotatable bonds is 12. The lowest BCUT2D eigenvalue weighted by Gasteiger charge is -2.31. The Hall–Kier alpha value is -7.90. The molecule has 0 saturated carbocycles. The maximum atomic E-state index is 14.6. The van der Waals surface area contributed by atoms with Gasteiger partial charge in [-0.25, -0.2) is 19.2 Å². The summed E-state index contributed by atoms with van der Waals surface area (Å²) < 4.78 is 28.6. The second kappa shape index (κ2) is 22.7. The molecule has 5 rings (SSSR count). The van der Waals surface area contributed by atoms with E-state index in [0.717, 1.165) is 5.56 Å². The lowest BCUT2D eigenvalue weighted by Crippen LogP contribution is -2.51. The topological polar surface area (TPSA) is 245 Å². The summed E-state index contributed by atoms with van der Waals surface area (Å²) in [5.74, 6) is -2.36. The predicted molar refractivity (Wildman–Crippen MR) is 257 cm³/mol. The van der Waals surface area contributed by atoms with Crippen molar-refractivity contribution in [1.82, 2.24) is 19.7 Å². The molecular weight excluding hydrogens is 921 g/mol. The first-order valence-corrected chi connectivity index (χ1v) is 22.8. The van der Waals surface area contributed by atoms with E-state index in [1.165, 1.54) is 58.0 Å². The van der Waals surface area contributed by atoms with Crippen molar-refractivity contribution in [3.8, 4) is 0 Å². The molecule has 0 bridgehead atoms. The summed E-state index contributed by atoms with van der Waals surface area (Å²) in [5, 5.41) is 14.3. The van der Waals surface area contributed by atoms with Crippen LogP contribution in [0.3, 0.4) is 0 Å². The largest absolute Gasteiger partial charge is 0.466 e. The van der Waals surface area contributed by atoms with Gasteiger partial charge in [0.15, 0.2) is 5.84 Å². The minimum atomic E-state index is -1.25. The number of hydrogen-bond donors (Lipinski definition) is 1. The number of esters is 1. The summed E-state index contributed by atoms with van der Waals surface area (Å²) in [6.45, 7) is 16.1. The Morgan fingerprint density at radius 3 is 1.89 bits per heavy atom. The van der Waals surface area contributed by atoms with E-state index in [-0.39, 0.29) is 62.4 Å². The summed E-state index contributed by atoms with van der Waals surface area (Å²) in [7, 11) is 0. The number of amidine groups is 1. The monoisotopic (exact) mass is 980 g/mol. The summed E-state index contributed by atoms with van der Waals surface area (Å²) in [6, 6.07) is 20.3. The average molecular weight is 981 g/mol. The van der Waals surface area contributed by atoms with Crippen LogP contribution >= 0.6 is 0 Å². The SMILES string of the molecule is CCOC(=O)Cc1cc2c(n1C(=O)OCc1ccccc1)CCN(C(=O)[C@H](Cc1ccc([N+](=O)[O-])cc1)NC(=O)c1ccc(C(=NC(=O)OC(C)(C)C)N(C(=O)OC(C)(C)C)C(=O)OC(C)(C)C)cc1)C2. The molecule has 1 aromatic heterocycles. The van der Waals surface area contributed by atoms with Crippen LogP contribution in [0.4, 0.5) is 24.9 Å². The van der Waals surface area contributed by atoms with Gasteiger partial charge in [-0.3, -0.25) is 29.1 Å². The van der Waals surface area contributed by atoms with Crippen LogP contribution < -0.4 is 5.32 Å². The number of amides is 5. The molecule has 4 aromatic rings. The van der Waals surface area contributed by atoms with Crippen molar-refractivity contribution in [2.45, 2.75) is 124 Å². The molecule has 20 nitrogen and oxygen atoms in total. The predicted octanol–water partition coefficient (Wildman–Crippen LogP) is 8.47. The first kappa shape index (κ1) is 54.0. The van der Waals surface area contributed by atoms with Gasteiger partial charge < -0.3 is 33.9 Å². The van der Waals surface area contributed by atoms with Gasteiger partial charge in [0.05, 0.1) is 18.0 Å². The molecule has 1 aliphatic rings. The number of benzene rings is 3. The van der Waals surface area contributed by atoms with Crippen LogP contribution in [-0.2, 0) is 65.7 Å². The molecule has 2 heterocycles. The number of hydrogen-bond acceptors (Lipinski definition) is 14. The van der Waals surface area contributed by atoms with Crippen LogP contribution in [0.1, 0.15) is 113 Å². The molecule has 0 spiro atoms. The highest BCUT2D eigenvalue weighted by Crippen LogP contribution is 2.27. The molecule has 0 radical (unpaired) electrons.